The van der Waals surface area contributed by atoms with Crippen molar-refractivity contribution in [1.82, 2.24) is 10.6 Å². The SMILES string of the molecule is COCC1(CNC(=O)CC2CCCCC2)CCCN1.Cl. The molecule has 0 aromatic rings. The number of rotatable bonds is 6. The summed E-state index contributed by atoms with van der Waals surface area (Å²) in [7, 11) is 1.73. The Kier molecular flexibility index (Phi) is 7.85. The lowest BCUT2D eigenvalue weighted by atomic mass is 9.87. The van der Waals surface area contributed by atoms with E-state index in [1.165, 1.54) is 38.5 Å². The number of halogens is 1. The van der Waals surface area contributed by atoms with Gasteiger partial charge in [-0.2, -0.15) is 0 Å². The summed E-state index contributed by atoms with van der Waals surface area (Å²) in [5.74, 6) is 0.833. The molecule has 0 aromatic carbocycles. The van der Waals surface area contributed by atoms with Crippen molar-refractivity contribution >= 4 is 18.3 Å². The quantitative estimate of drug-likeness (QED) is 0.791. The number of ether oxygens (including phenoxy) is 1. The summed E-state index contributed by atoms with van der Waals surface area (Å²) in [6.45, 7) is 2.41. The summed E-state index contributed by atoms with van der Waals surface area (Å²) in [5, 5.41) is 6.61. The van der Waals surface area contributed by atoms with E-state index in [4.69, 9.17) is 4.74 Å². The zero-order valence-electron chi connectivity index (χ0n) is 12.6. The molecule has 1 saturated carbocycles. The van der Waals surface area contributed by atoms with E-state index in [0.29, 0.717) is 25.5 Å². The number of methoxy groups -OCH3 is 1. The maximum atomic E-state index is 12.0. The molecule has 4 nitrogen and oxygen atoms in total. The molecule has 0 spiro atoms. The summed E-state index contributed by atoms with van der Waals surface area (Å²) < 4.78 is 5.30. The predicted molar refractivity (Wildman–Crippen MR) is 83.3 cm³/mol. The molecule has 1 aliphatic carbocycles. The smallest absolute Gasteiger partial charge is 0.220 e. The Hall–Kier alpha value is -0.320. The molecule has 2 aliphatic rings. The van der Waals surface area contributed by atoms with E-state index in [1.54, 1.807) is 7.11 Å². The maximum absolute atomic E-state index is 12.0. The topological polar surface area (TPSA) is 50.4 Å². The minimum atomic E-state index is -0.0308. The van der Waals surface area contributed by atoms with Crippen LogP contribution in [0.15, 0.2) is 0 Å². The van der Waals surface area contributed by atoms with Crippen LogP contribution in [0, 0.1) is 5.92 Å². The van der Waals surface area contributed by atoms with Crippen molar-refractivity contribution in [3.63, 3.8) is 0 Å². The average molecular weight is 305 g/mol. The highest BCUT2D eigenvalue weighted by Gasteiger charge is 2.33. The Morgan fingerprint density at radius 3 is 2.65 bits per heavy atom. The van der Waals surface area contributed by atoms with Crippen molar-refractivity contribution in [2.24, 2.45) is 5.92 Å². The highest BCUT2D eigenvalue weighted by Crippen LogP contribution is 2.26. The normalized spacial score (nSPS) is 27.1. The summed E-state index contributed by atoms with van der Waals surface area (Å²) in [4.78, 5) is 12.0. The third-order valence-electron chi connectivity index (χ3n) is 4.58. The second kappa shape index (κ2) is 8.85. The van der Waals surface area contributed by atoms with Gasteiger partial charge in [-0.3, -0.25) is 4.79 Å². The summed E-state index contributed by atoms with van der Waals surface area (Å²) in [6.07, 6.45) is 9.37. The molecule has 1 atom stereocenters. The first kappa shape index (κ1) is 17.7. The fourth-order valence-corrected chi connectivity index (χ4v) is 3.46. The number of nitrogens with one attached hydrogen (secondary N) is 2. The van der Waals surface area contributed by atoms with Gasteiger partial charge in [0.15, 0.2) is 0 Å². The van der Waals surface area contributed by atoms with Crippen molar-refractivity contribution in [1.29, 1.82) is 0 Å². The van der Waals surface area contributed by atoms with E-state index < -0.39 is 0 Å². The molecule has 1 amide bonds. The summed E-state index contributed by atoms with van der Waals surface area (Å²) in [5.41, 5.74) is -0.0308. The van der Waals surface area contributed by atoms with Gasteiger partial charge in [-0.05, 0) is 38.1 Å². The molecule has 118 valence electrons. The first-order valence-electron chi connectivity index (χ1n) is 7.75. The molecule has 0 bridgehead atoms. The van der Waals surface area contributed by atoms with Crippen LogP contribution in [0.1, 0.15) is 51.4 Å². The molecule has 2 N–H and O–H groups in total. The van der Waals surface area contributed by atoms with Crippen LogP contribution >= 0.6 is 12.4 Å². The fourth-order valence-electron chi connectivity index (χ4n) is 3.46. The highest BCUT2D eigenvalue weighted by molar-refractivity contribution is 5.85. The lowest BCUT2D eigenvalue weighted by molar-refractivity contribution is -0.122. The average Bonchev–Trinajstić information content (AvgIpc) is 2.87. The minimum Gasteiger partial charge on any atom is -0.383 e. The van der Waals surface area contributed by atoms with Gasteiger partial charge in [0.1, 0.15) is 0 Å². The Labute approximate surface area is 128 Å². The van der Waals surface area contributed by atoms with E-state index in [2.05, 4.69) is 10.6 Å². The molecule has 5 heteroatoms. The summed E-state index contributed by atoms with van der Waals surface area (Å²) in [6, 6.07) is 0. The van der Waals surface area contributed by atoms with Crippen molar-refractivity contribution in [3.05, 3.63) is 0 Å². The Morgan fingerprint density at radius 1 is 1.30 bits per heavy atom. The van der Waals surface area contributed by atoms with E-state index in [9.17, 15) is 4.79 Å². The van der Waals surface area contributed by atoms with Crippen molar-refractivity contribution in [3.8, 4) is 0 Å². The summed E-state index contributed by atoms with van der Waals surface area (Å²) >= 11 is 0. The monoisotopic (exact) mass is 304 g/mol. The molecule has 2 fully saturated rings. The number of carbonyl (C=O) groups is 1. The Morgan fingerprint density at radius 2 is 2.05 bits per heavy atom. The first-order valence-corrected chi connectivity index (χ1v) is 7.75. The molecule has 0 aromatic heterocycles. The second-order valence-electron chi connectivity index (χ2n) is 6.23. The van der Waals surface area contributed by atoms with Crippen LogP contribution in [0.4, 0.5) is 0 Å². The maximum Gasteiger partial charge on any atom is 0.220 e. The van der Waals surface area contributed by atoms with Crippen LogP contribution in [0.25, 0.3) is 0 Å². The molecule has 1 heterocycles. The van der Waals surface area contributed by atoms with Crippen LogP contribution in [0.5, 0.6) is 0 Å². The third kappa shape index (κ3) is 5.23. The van der Waals surface area contributed by atoms with Crippen LogP contribution in [0.3, 0.4) is 0 Å². The number of amides is 1. The third-order valence-corrected chi connectivity index (χ3v) is 4.58. The van der Waals surface area contributed by atoms with Gasteiger partial charge in [0.2, 0.25) is 5.91 Å². The number of hydrogen-bond donors (Lipinski definition) is 2. The van der Waals surface area contributed by atoms with Crippen LogP contribution in [-0.2, 0) is 9.53 Å². The Bertz CT molecular complexity index is 288. The van der Waals surface area contributed by atoms with Crippen LogP contribution in [-0.4, -0.2) is 38.3 Å². The van der Waals surface area contributed by atoms with Crippen LogP contribution < -0.4 is 10.6 Å². The van der Waals surface area contributed by atoms with Gasteiger partial charge in [0, 0.05) is 20.1 Å². The molecular formula is C15H29ClN2O2. The molecule has 2 rings (SSSR count). The molecule has 1 saturated heterocycles. The lowest BCUT2D eigenvalue weighted by Crippen LogP contribution is -2.53. The van der Waals surface area contributed by atoms with Crippen molar-refractivity contribution in [2.75, 3.05) is 26.8 Å². The molecule has 1 aliphatic heterocycles. The largest absolute Gasteiger partial charge is 0.383 e. The molecule has 20 heavy (non-hydrogen) atoms. The first-order chi connectivity index (χ1) is 9.24. The molecule has 1 unspecified atom stereocenters. The van der Waals surface area contributed by atoms with Gasteiger partial charge in [-0.1, -0.05) is 19.3 Å². The fraction of sp³-hybridized carbons (Fsp3) is 0.933. The number of carbonyl (C=O) groups excluding carboxylic acids is 1. The van der Waals surface area contributed by atoms with Gasteiger partial charge in [-0.15, -0.1) is 12.4 Å². The standard InChI is InChI=1S/C15H28N2O2.ClH/c1-19-12-15(8-5-9-17-15)11-16-14(18)10-13-6-3-2-4-7-13;/h13,17H,2-12H2,1H3,(H,16,18);1H. The highest BCUT2D eigenvalue weighted by atomic mass is 35.5. The van der Waals surface area contributed by atoms with Crippen molar-refractivity contribution in [2.45, 2.75) is 56.9 Å². The van der Waals surface area contributed by atoms with Crippen molar-refractivity contribution < 1.29 is 9.53 Å². The van der Waals surface area contributed by atoms with Gasteiger partial charge in [0.05, 0.1) is 12.1 Å². The predicted octanol–water partition coefficient (Wildman–Crippen LogP) is 2.26. The van der Waals surface area contributed by atoms with Gasteiger partial charge >= 0.3 is 0 Å². The number of hydrogen-bond acceptors (Lipinski definition) is 3. The van der Waals surface area contributed by atoms with Gasteiger partial charge < -0.3 is 15.4 Å². The van der Waals surface area contributed by atoms with E-state index >= 15 is 0 Å². The zero-order valence-corrected chi connectivity index (χ0v) is 13.4. The second-order valence-corrected chi connectivity index (χ2v) is 6.23. The van der Waals surface area contributed by atoms with Gasteiger partial charge in [0.25, 0.3) is 0 Å². The lowest BCUT2D eigenvalue weighted by Gasteiger charge is -2.29. The van der Waals surface area contributed by atoms with Crippen LogP contribution in [0.2, 0.25) is 0 Å². The van der Waals surface area contributed by atoms with E-state index in [0.717, 1.165) is 13.0 Å². The zero-order chi connectivity index (χ0) is 13.6. The Balaban J connectivity index is 0.00000200. The molecular weight excluding hydrogens is 276 g/mol. The minimum absolute atomic E-state index is 0. The molecule has 0 radical (unpaired) electrons. The van der Waals surface area contributed by atoms with E-state index in [1.807, 2.05) is 0 Å². The van der Waals surface area contributed by atoms with Gasteiger partial charge in [-0.25, -0.2) is 0 Å². The van der Waals surface area contributed by atoms with E-state index in [-0.39, 0.29) is 23.9 Å².